The first kappa shape index (κ1) is 14.4. The number of halogens is 1. The summed E-state index contributed by atoms with van der Waals surface area (Å²) in [5.41, 5.74) is 2.88. The number of rotatable bonds is 4. The summed E-state index contributed by atoms with van der Waals surface area (Å²) in [6.07, 6.45) is 0. The number of thiazole rings is 1. The van der Waals surface area contributed by atoms with Gasteiger partial charge in [-0.2, -0.15) is 0 Å². The average Bonchev–Trinajstić information content (AvgIpc) is 3.03. The van der Waals surface area contributed by atoms with Crippen molar-refractivity contribution in [3.05, 3.63) is 40.1 Å². The molecule has 0 N–H and O–H groups in total. The molecule has 110 valence electrons. The van der Waals surface area contributed by atoms with Crippen molar-refractivity contribution in [2.24, 2.45) is 0 Å². The molecule has 1 unspecified atom stereocenters. The molecule has 0 spiro atoms. The van der Waals surface area contributed by atoms with Gasteiger partial charge in [0.1, 0.15) is 17.1 Å². The van der Waals surface area contributed by atoms with E-state index in [1.807, 2.05) is 32.0 Å². The second kappa shape index (κ2) is 5.66. The maximum atomic E-state index is 6.30. The predicted molar refractivity (Wildman–Crippen MR) is 86.5 cm³/mol. The molecular formula is C15H16ClN3OS. The van der Waals surface area contributed by atoms with Gasteiger partial charge in [0.2, 0.25) is 0 Å². The minimum Gasteiger partial charge on any atom is -0.494 e. The normalized spacial score (nSPS) is 12.8. The lowest BCUT2D eigenvalue weighted by atomic mass is 10.3. The number of hydrogen-bond acceptors (Lipinski definition) is 4. The Labute approximate surface area is 132 Å². The van der Waals surface area contributed by atoms with E-state index >= 15 is 0 Å². The van der Waals surface area contributed by atoms with Gasteiger partial charge < -0.3 is 9.30 Å². The van der Waals surface area contributed by atoms with E-state index in [0.29, 0.717) is 6.54 Å². The third kappa shape index (κ3) is 2.63. The highest BCUT2D eigenvalue weighted by molar-refractivity contribution is 7.09. The molecule has 0 bridgehead atoms. The first-order valence-electron chi connectivity index (χ1n) is 6.68. The Hall–Kier alpha value is -1.59. The quantitative estimate of drug-likeness (QED) is 0.677. The summed E-state index contributed by atoms with van der Waals surface area (Å²) in [4.78, 5) is 9.20. The van der Waals surface area contributed by atoms with Crippen molar-refractivity contribution in [2.75, 3.05) is 7.11 Å². The van der Waals surface area contributed by atoms with Crippen LogP contribution in [0.3, 0.4) is 0 Å². The number of para-hydroxylation sites is 1. The van der Waals surface area contributed by atoms with Crippen LogP contribution in [0.2, 0.25) is 0 Å². The summed E-state index contributed by atoms with van der Waals surface area (Å²) in [6, 6.07) is 5.91. The zero-order valence-electron chi connectivity index (χ0n) is 12.1. The number of hydrogen-bond donors (Lipinski definition) is 0. The van der Waals surface area contributed by atoms with Crippen LogP contribution in [0, 0.1) is 6.92 Å². The van der Waals surface area contributed by atoms with E-state index in [1.54, 1.807) is 18.4 Å². The van der Waals surface area contributed by atoms with Gasteiger partial charge in [-0.05, 0) is 26.0 Å². The Morgan fingerprint density at radius 3 is 2.81 bits per heavy atom. The lowest BCUT2D eigenvalue weighted by Gasteiger charge is -2.09. The molecule has 3 rings (SSSR count). The van der Waals surface area contributed by atoms with Gasteiger partial charge in [0, 0.05) is 5.38 Å². The molecule has 4 nitrogen and oxygen atoms in total. The zero-order chi connectivity index (χ0) is 15.0. The number of aryl methyl sites for hydroxylation is 1. The fourth-order valence-corrected chi connectivity index (χ4v) is 3.19. The maximum Gasteiger partial charge on any atom is 0.146 e. The molecule has 0 radical (unpaired) electrons. The first-order chi connectivity index (χ1) is 10.1. The van der Waals surface area contributed by atoms with Crippen LogP contribution in [0.15, 0.2) is 23.6 Å². The third-order valence-corrected chi connectivity index (χ3v) is 4.35. The second-order valence-electron chi connectivity index (χ2n) is 4.86. The standard InChI is InChI=1S/C15H16ClN3OS/c1-9(16)15-18-14-12(5-4-6-13(14)20-3)19(15)7-11-8-21-10(2)17-11/h4-6,8-9H,7H2,1-3H3. The van der Waals surface area contributed by atoms with Crippen molar-refractivity contribution in [1.82, 2.24) is 14.5 Å². The number of aromatic nitrogens is 3. The van der Waals surface area contributed by atoms with E-state index in [9.17, 15) is 0 Å². The largest absolute Gasteiger partial charge is 0.494 e. The van der Waals surface area contributed by atoms with Gasteiger partial charge in [0.15, 0.2) is 0 Å². The number of ether oxygens (including phenoxy) is 1. The summed E-state index contributed by atoms with van der Waals surface area (Å²) in [5, 5.41) is 2.96. The van der Waals surface area contributed by atoms with Crippen LogP contribution < -0.4 is 4.74 Å². The maximum absolute atomic E-state index is 6.30. The zero-order valence-corrected chi connectivity index (χ0v) is 13.7. The number of imidazole rings is 1. The first-order valence-corrected chi connectivity index (χ1v) is 8.00. The summed E-state index contributed by atoms with van der Waals surface area (Å²) >= 11 is 7.96. The smallest absolute Gasteiger partial charge is 0.146 e. The second-order valence-corrected chi connectivity index (χ2v) is 6.57. The lowest BCUT2D eigenvalue weighted by Crippen LogP contribution is -2.06. The van der Waals surface area contributed by atoms with E-state index in [2.05, 4.69) is 19.9 Å². The van der Waals surface area contributed by atoms with Crippen molar-refractivity contribution in [1.29, 1.82) is 0 Å². The number of alkyl halides is 1. The van der Waals surface area contributed by atoms with E-state index in [-0.39, 0.29) is 5.38 Å². The molecule has 0 fully saturated rings. The van der Waals surface area contributed by atoms with Gasteiger partial charge in [-0.25, -0.2) is 9.97 Å². The molecule has 3 aromatic rings. The molecule has 0 aliphatic rings. The molecule has 0 aliphatic heterocycles. The van der Waals surface area contributed by atoms with Crippen LogP contribution in [0.1, 0.15) is 28.8 Å². The van der Waals surface area contributed by atoms with Gasteiger partial charge in [-0.3, -0.25) is 0 Å². The molecule has 0 amide bonds. The highest BCUT2D eigenvalue weighted by atomic mass is 35.5. The van der Waals surface area contributed by atoms with Gasteiger partial charge in [-0.1, -0.05) is 6.07 Å². The Morgan fingerprint density at radius 2 is 2.19 bits per heavy atom. The lowest BCUT2D eigenvalue weighted by molar-refractivity contribution is 0.419. The molecule has 6 heteroatoms. The summed E-state index contributed by atoms with van der Waals surface area (Å²) in [5.74, 6) is 1.60. The molecule has 21 heavy (non-hydrogen) atoms. The van der Waals surface area contributed by atoms with E-state index < -0.39 is 0 Å². The topological polar surface area (TPSA) is 39.9 Å². The van der Waals surface area contributed by atoms with Crippen LogP contribution in [-0.4, -0.2) is 21.6 Å². The van der Waals surface area contributed by atoms with Crippen LogP contribution in [0.25, 0.3) is 11.0 Å². The average molecular weight is 322 g/mol. The van der Waals surface area contributed by atoms with Gasteiger partial charge >= 0.3 is 0 Å². The van der Waals surface area contributed by atoms with Gasteiger partial charge in [-0.15, -0.1) is 22.9 Å². The van der Waals surface area contributed by atoms with Crippen LogP contribution in [0.4, 0.5) is 0 Å². The molecule has 0 saturated carbocycles. The number of benzene rings is 1. The van der Waals surface area contributed by atoms with E-state index in [1.165, 1.54) is 0 Å². The number of nitrogens with zero attached hydrogens (tertiary/aromatic N) is 3. The van der Waals surface area contributed by atoms with E-state index in [0.717, 1.165) is 33.3 Å². The highest BCUT2D eigenvalue weighted by Crippen LogP contribution is 2.30. The minimum absolute atomic E-state index is 0.179. The van der Waals surface area contributed by atoms with Crippen LogP contribution in [-0.2, 0) is 6.54 Å². The Bertz CT molecular complexity index is 778. The fraction of sp³-hybridized carbons (Fsp3) is 0.333. The summed E-state index contributed by atoms with van der Waals surface area (Å²) in [6.45, 7) is 4.60. The van der Waals surface area contributed by atoms with Crippen molar-refractivity contribution in [2.45, 2.75) is 25.8 Å². The van der Waals surface area contributed by atoms with Crippen molar-refractivity contribution < 1.29 is 4.74 Å². The molecule has 2 aromatic heterocycles. The Morgan fingerprint density at radius 1 is 1.38 bits per heavy atom. The van der Waals surface area contributed by atoms with Crippen molar-refractivity contribution in [3.8, 4) is 5.75 Å². The summed E-state index contributed by atoms with van der Waals surface area (Å²) < 4.78 is 7.51. The molecule has 1 atom stereocenters. The Kier molecular flexibility index (Phi) is 3.87. The van der Waals surface area contributed by atoms with Crippen LogP contribution in [0.5, 0.6) is 5.75 Å². The van der Waals surface area contributed by atoms with Gasteiger partial charge in [0.05, 0.1) is 35.2 Å². The molecule has 1 aromatic carbocycles. The van der Waals surface area contributed by atoms with Crippen LogP contribution >= 0.6 is 22.9 Å². The molecule has 0 aliphatic carbocycles. The van der Waals surface area contributed by atoms with Crippen molar-refractivity contribution in [3.63, 3.8) is 0 Å². The van der Waals surface area contributed by atoms with Gasteiger partial charge in [0.25, 0.3) is 0 Å². The number of fused-ring (bicyclic) bond motifs is 1. The summed E-state index contributed by atoms with van der Waals surface area (Å²) in [7, 11) is 1.65. The predicted octanol–water partition coefficient (Wildman–Crippen LogP) is 4.16. The molecule has 0 saturated heterocycles. The monoisotopic (exact) mass is 321 g/mol. The van der Waals surface area contributed by atoms with Crippen molar-refractivity contribution >= 4 is 34.0 Å². The Balaban J connectivity index is 2.16. The fourth-order valence-electron chi connectivity index (χ4n) is 2.42. The SMILES string of the molecule is COc1cccc2c1nc(C(C)Cl)n2Cc1csc(C)n1. The highest BCUT2D eigenvalue weighted by Gasteiger charge is 2.18. The minimum atomic E-state index is -0.179. The molecular weight excluding hydrogens is 306 g/mol. The van der Waals surface area contributed by atoms with E-state index in [4.69, 9.17) is 16.3 Å². The number of methoxy groups -OCH3 is 1. The third-order valence-electron chi connectivity index (χ3n) is 3.33. The molecule has 2 heterocycles.